The van der Waals surface area contributed by atoms with Gasteiger partial charge in [0, 0.05) is 31.7 Å². The van der Waals surface area contributed by atoms with Gasteiger partial charge in [-0.1, -0.05) is 0 Å². The summed E-state index contributed by atoms with van der Waals surface area (Å²) in [6, 6.07) is 0. The number of hydrogen-bond donors (Lipinski definition) is 2. The molecule has 5 heteroatoms. The second-order valence-corrected chi connectivity index (χ2v) is 3.15. The van der Waals surface area contributed by atoms with E-state index in [4.69, 9.17) is 0 Å². The van der Waals surface area contributed by atoms with Crippen molar-refractivity contribution in [3.05, 3.63) is 24.3 Å². The molecule has 0 saturated carbocycles. The van der Waals surface area contributed by atoms with E-state index in [9.17, 15) is 0 Å². The summed E-state index contributed by atoms with van der Waals surface area (Å²) in [5.41, 5.74) is 1.06. The van der Waals surface area contributed by atoms with Crippen LogP contribution in [0.25, 0.3) is 11.6 Å². The zero-order chi connectivity index (χ0) is 9.97. The van der Waals surface area contributed by atoms with E-state index < -0.39 is 0 Å². The van der Waals surface area contributed by atoms with Crippen LogP contribution in [0.3, 0.4) is 0 Å². The number of hydrogen-bond acceptors (Lipinski definition) is 3. The molecule has 2 aromatic heterocycles. The summed E-state index contributed by atoms with van der Waals surface area (Å²) in [6.07, 6.45) is 5.48. The molecule has 0 unspecified atom stereocenters. The molecule has 2 heterocycles. The van der Waals surface area contributed by atoms with Gasteiger partial charge in [-0.15, -0.1) is 0 Å². The van der Waals surface area contributed by atoms with Gasteiger partial charge in [0.2, 0.25) is 0 Å². The third kappa shape index (κ3) is 1.54. The Morgan fingerprint density at radius 1 is 1.50 bits per heavy atom. The molecule has 0 bridgehead atoms. The molecule has 0 fully saturated rings. The Hall–Kier alpha value is -1.62. The van der Waals surface area contributed by atoms with E-state index in [2.05, 4.69) is 20.3 Å². The molecule has 0 aliphatic carbocycles. The second kappa shape index (κ2) is 3.63. The predicted octanol–water partition coefficient (Wildman–Crippen LogP) is 0.530. The number of rotatable bonds is 3. The fourth-order valence-corrected chi connectivity index (χ4v) is 1.35. The normalized spacial score (nSPS) is 10.7. The highest BCUT2D eigenvalue weighted by atomic mass is 15.1. The Bertz CT molecular complexity index is 414. The van der Waals surface area contributed by atoms with Gasteiger partial charge in [0.15, 0.2) is 11.6 Å². The van der Waals surface area contributed by atoms with Crippen LogP contribution in [-0.2, 0) is 13.6 Å². The summed E-state index contributed by atoms with van der Waals surface area (Å²) in [4.78, 5) is 11.7. The monoisotopic (exact) mass is 191 g/mol. The minimum absolute atomic E-state index is 0.789. The highest BCUT2D eigenvalue weighted by Gasteiger charge is 2.06. The van der Waals surface area contributed by atoms with Crippen LogP contribution < -0.4 is 5.32 Å². The van der Waals surface area contributed by atoms with Gasteiger partial charge in [-0.2, -0.15) is 0 Å². The standard InChI is InChI=1S/C9H13N5/c1-10-5-7-6-12-8(13-7)9-11-3-4-14(9)2/h3-4,6,10H,5H2,1-2H3,(H,12,13). The molecule has 0 spiro atoms. The molecular weight excluding hydrogens is 178 g/mol. The zero-order valence-electron chi connectivity index (χ0n) is 8.28. The molecule has 5 nitrogen and oxygen atoms in total. The fraction of sp³-hybridized carbons (Fsp3) is 0.333. The van der Waals surface area contributed by atoms with Crippen molar-refractivity contribution >= 4 is 0 Å². The van der Waals surface area contributed by atoms with E-state index in [-0.39, 0.29) is 0 Å². The highest BCUT2D eigenvalue weighted by molar-refractivity contribution is 5.44. The van der Waals surface area contributed by atoms with E-state index >= 15 is 0 Å². The first kappa shape index (κ1) is 8.96. The molecule has 0 atom stereocenters. The van der Waals surface area contributed by atoms with Gasteiger partial charge >= 0.3 is 0 Å². The van der Waals surface area contributed by atoms with Crippen LogP contribution in [0.1, 0.15) is 5.69 Å². The van der Waals surface area contributed by atoms with Gasteiger partial charge in [-0.25, -0.2) is 9.97 Å². The minimum atomic E-state index is 0.789. The van der Waals surface area contributed by atoms with Gasteiger partial charge in [-0.05, 0) is 7.05 Å². The molecule has 2 rings (SSSR count). The van der Waals surface area contributed by atoms with Crippen LogP contribution in [0.2, 0.25) is 0 Å². The first-order valence-electron chi connectivity index (χ1n) is 4.47. The smallest absolute Gasteiger partial charge is 0.175 e. The summed E-state index contributed by atoms with van der Waals surface area (Å²) in [7, 11) is 3.85. The van der Waals surface area contributed by atoms with E-state index in [1.807, 2.05) is 31.1 Å². The van der Waals surface area contributed by atoms with Crippen LogP contribution in [-0.4, -0.2) is 26.6 Å². The van der Waals surface area contributed by atoms with E-state index in [1.54, 1.807) is 6.20 Å². The molecule has 2 N–H and O–H groups in total. The first-order valence-corrected chi connectivity index (χ1v) is 4.47. The average Bonchev–Trinajstić information content (AvgIpc) is 2.74. The molecule has 0 radical (unpaired) electrons. The van der Waals surface area contributed by atoms with Crippen molar-refractivity contribution in [2.45, 2.75) is 6.54 Å². The molecule has 14 heavy (non-hydrogen) atoms. The Balaban J connectivity index is 2.29. The van der Waals surface area contributed by atoms with E-state index in [1.165, 1.54) is 0 Å². The van der Waals surface area contributed by atoms with Crippen LogP contribution in [0.5, 0.6) is 0 Å². The number of H-pyrrole nitrogens is 1. The first-order chi connectivity index (χ1) is 6.81. The lowest BCUT2D eigenvalue weighted by Gasteiger charge is -1.96. The molecule has 0 saturated heterocycles. The Morgan fingerprint density at radius 2 is 2.36 bits per heavy atom. The maximum Gasteiger partial charge on any atom is 0.175 e. The topological polar surface area (TPSA) is 58.5 Å². The number of nitrogens with zero attached hydrogens (tertiary/aromatic N) is 3. The largest absolute Gasteiger partial charge is 0.338 e. The summed E-state index contributed by atoms with van der Waals surface area (Å²) in [6.45, 7) is 0.789. The Labute approximate surface area is 82.2 Å². The zero-order valence-corrected chi connectivity index (χ0v) is 8.28. The molecule has 74 valence electrons. The van der Waals surface area contributed by atoms with Crippen molar-refractivity contribution in [2.75, 3.05) is 7.05 Å². The maximum atomic E-state index is 4.26. The predicted molar refractivity (Wildman–Crippen MR) is 53.6 cm³/mol. The lowest BCUT2D eigenvalue weighted by molar-refractivity contribution is 0.796. The molecular formula is C9H13N5. The van der Waals surface area contributed by atoms with Gasteiger partial charge in [0.25, 0.3) is 0 Å². The summed E-state index contributed by atoms with van der Waals surface area (Å²) in [5.74, 6) is 1.66. The van der Waals surface area contributed by atoms with Crippen LogP contribution >= 0.6 is 0 Å². The van der Waals surface area contributed by atoms with Gasteiger partial charge in [0.05, 0.1) is 6.20 Å². The van der Waals surface area contributed by atoms with Crippen molar-refractivity contribution < 1.29 is 0 Å². The summed E-state index contributed by atoms with van der Waals surface area (Å²) in [5, 5.41) is 3.06. The average molecular weight is 191 g/mol. The van der Waals surface area contributed by atoms with Crippen molar-refractivity contribution in [2.24, 2.45) is 7.05 Å². The molecule has 0 aliphatic rings. The lowest BCUT2D eigenvalue weighted by atomic mass is 10.5. The summed E-state index contributed by atoms with van der Waals surface area (Å²) >= 11 is 0. The highest BCUT2D eigenvalue weighted by Crippen LogP contribution is 2.11. The van der Waals surface area contributed by atoms with Gasteiger partial charge in [0.1, 0.15) is 0 Å². The van der Waals surface area contributed by atoms with Crippen LogP contribution in [0.4, 0.5) is 0 Å². The van der Waals surface area contributed by atoms with Gasteiger partial charge in [-0.3, -0.25) is 0 Å². The number of aryl methyl sites for hydroxylation is 1. The van der Waals surface area contributed by atoms with Crippen LogP contribution in [0.15, 0.2) is 18.6 Å². The maximum absolute atomic E-state index is 4.26. The third-order valence-electron chi connectivity index (χ3n) is 2.03. The van der Waals surface area contributed by atoms with E-state index in [0.717, 1.165) is 23.9 Å². The third-order valence-corrected chi connectivity index (χ3v) is 2.03. The number of imidazole rings is 2. The fourth-order valence-electron chi connectivity index (χ4n) is 1.35. The number of nitrogens with one attached hydrogen (secondary N) is 2. The quantitative estimate of drug-likeness (QED) is 0.744. The Kier molecular flexibility index (Phi) is 2.32. The molecule has 2 aromatic rings. The SMILES string of the molecule is CNCc1cnc(-c2nccn2C)[nH]1. The lowest BCUT2D eigenvalue weighted by Crippen LogP contribution is -2.05. The number of aromatic nitrogens is 4. The summed E-state index contributed by atoms with van der Waals surface area (Å²) < 4.78 is 1.93. The van der Waals surface area contributed by atoms with E-state index in [0.29, 0.717) is 0 Å². The van der Waals surface area contributed by atoms with Crippen molar-refractivity contribution in [1.82, 2.24) is 24.8 Å². The van der Waals surface area contributed by atoms with Crippen molar-refractivity contribution in [1.29, 1.82) is 0 Å². The Morgan fingerprint density at radius 3 is 3.00 bits per heavy atom. The molecule has 0 aliphatic heterocycles. The number of aromatic amines is 1. The second-order valence-electron chi connectivity index (χ2n) is 3.15. The van der Waals surface area contributed by atoms with Crippen molar-refractivity contribution in [3.8, 4) is 11.6 Å². The molecule has 0 amide bonds. The van der Waals surface area contributed by atoms with Gasteiger partial charge < -0.3 is 14.9 Å². The van der Waals surface area contributed by atoms with Crippen molar-refractivity contribution in [3.63, 3.8) is 0 Å². The van der Waals surface area contributed by atoms with Crippen LogP contribution in [0, 0.1) is 0 Å². The molecule has 0 aromatic carbocycles. The minimum Gasteiger partial charge on any atom is -0.338 e.